The molecule has 0 radical (unpaired) electrons. The molecule has 0 bridgehead atoms. The van der Waals surface area contributed by atoms with Crippen molar-refractivity contribution in [2.45, 2.75) is 20.1 Å². The second-order valence-corrected chi connectivity index (χ2v) is 4.68. The molecule has 0 fully saturated rings. The largest absolute Gasteiger partial charge is 0.496 e. The summed E-state index contributed by atoms with van der Waals surface area (Å²) >= 11 is 0. The van der Waals surface area contributed by atoms with Crippen LogP contribution in [-0.2, 0) is 18.0 Å². The van der Waals surface area contributed by atoms with E-state index in [1.165, 1.54) is 5.56 Å². The summed E-state index contributed by atoms with van der Waals surface area (Å²) in [4.78, 5) is 0. The van der Waals surface area contributed by atoms with Gasteiger partial charge in [-0.3, -0.25) is 0 Å². The molecule has 20 heavy (non-hydrogen) atoms. The molecule has 0 aliphatic heterocycles. The molecular formula is C17H20O3. The van der Waals surface area contributed by atoms with Crippen molar-refractivity contribution in [1.82, 2.24) is 0 Å². The minimum absolute atomic E-state index is 0.521. The summed E-state index contributed by atoms with van der Waals surface area (Å²) in [6, 6.07) is 14.1. The standard InChI is InChI=1S/C17H20O3/c1-13-4-8-16(9-5-13)20-11-14-6-7-15(12-18-2)17(10-14)19-3/h4-10H,11-12H2,1-3H3. The molecule has 3 heteroatoms. The van der Waals surface area contributed by atoms with Gasteiger partial charge in [-0.25, -0.2) is 0 Å². The van der Waals surface area contributed by atoms with Gasteiger partial charge in [0.1, 0.15) is 18.1 Å². The third-order valence-electron chi connectivity index (χ3n) is 3.08. The van der Waals surface area contributed by atoms with Gasteiger partial charge in [0.25, 0.3) is 0 Å². The number of aryl methyl sites for hydroxylation is 1. The maximum Gasteiger partial charge on any atom is 0.124 e. The van der Waals surface area contributed by atoms with E-state index in [0.717, 1.165) is 22.6 Å². The fourth-order valence-electron chi connectivity index (χ4n) is 1.95. The van der Waals surface area contributed by atoms with E-state index in [-0.39, 0.29) is 0 Å². The zero-order valence-electron chi connectivity index (χ0n) is 12.2. The molecule has 0 aliphatic rings. The topological polar surface area (TPSA) is 27.7 Å². The monoisotopic (exact) mass is 272 g/mol. The molecule has 0 saturated heterocycles. The van der Waals surface area contributed by atoms with E-state index in [4.69, 9.17) is 14.2 Å². The molecule has 0 atom stereocenters. The van der Waals surface area contributed by atoms with Crippen LogP contribution in [0.15, 0.2) is 42.5 Å². The average molecular weight is 272 g/mol. The molecule has 0 saturated carbocycles. The molecule has 106 valence electrons. The Morgan fingerprint density at radius 2 is 1.65 bits per heavy atom. The van der Waals surface area contributed by atoms with Gasteiger partial charge < -0.3 is 14.2 Å². The van der Waals surface area contributed by atoms with Crippen molar-refractivity contribution in [3.8, 4) is 11.5 Å². The van der Waals surface area contributed by atoms with Crippen molar-refractivity contribution in [2.75, 3.05) is 14.2 Å². The van der Waals surface area contributed by atoms with E-state index < -0.39 is 0 Å². The molecule has 3 nitrogen and oxygen atoms in total. The summed E-state index contributed by atoms with van der Waals surface area (Å²) in [7, 11) is 3.34. The molecule has 2 aromatic rings. The van der Waals surface area contributed by atoms with Crippen LogP contribution in [0.1, 0.15) is 16.7 Å². The Kier molecular flexibility index (Phi) is 5.02. The molecule has 2 rings (SSSR count). The minimum atomic E-state index is 0.521. The number of hydrogen-bond donors (Lipinski definition) is 0. The average Bonchev–Trinajstić information content (AvgIpc) is 2.48. The molecule has 0 aliphatic carbocycles. The quantitative estimate of drug-likeness (QED) is 0.802. The zero-order chi connectivity index (χ0) is 14.4. The van der Waals surface area contributed by atoms with Crippen LogP contribution in [-0.4, -0.2) is 14.2 Å². The van der Waals surface area contributed by atoms with Crippen molar-refractivity contribution < 1.29 is 14.2 Å². The lowest BCUT2D eigenvalue weighted by Crippen LogP contribution is -1.99. The van der Waals surface area contributed by atoms with Gasteiger partial charge in [0, 0.05) is 12.7 Å². The Hall–Kier alpha value is -2.00. The van der Waals surface area contributed by atoms with Gasteiger partial charge in [-0.15, -0.1) is 0 Å². The van der Waals surface area contributed by atoms with Gasteiger partial charge in [0.2, 0.25) is 0 Å². The van der Waals surface area contributed by atoms with Crippen LogP contribution in [0.2, 0.25) is 0 Å². The number of methoxy groups -OCH3 is 2. The molecular weight excluding hydrogens is 252 g/mol. The Labute approximate surface area is 120 Å². The van der Waals surface area contributed by atoms with E-state index in [0.29, 0.717) is 13.2 Å². The Bertz CT molecular complexity index is 547. The fraction of sp³-hybridized carbons (Fsp3) is 0.294. The molecule has 0 aromatic heterocycles. The lowest BCUT2D eigenvalue weighted by molar-refractivity contribution is 0.181. The lowest BCUT2D eigenvalue weighted by Gasteiger charge is -2.11. The molecule has 2 aromatic carbocycles. The Morgan fingerprint density at radius 3 is 2.30 bits per heavy atom. The Morgan fingerprint density at radius 1 is 0.900 bits per heavy atom. The van der Waals surface area contributed by atoms with E-state index in [9.17, 15) is 0 Å². The summed E-state index contributed by atoms with van der Waals surface area (Å²) < 4.78 is 16.3. The maximum atomic E-state index is 5.76. The number of ether oxygens (including phenoxy) is 3. The molecule has 0 heterocycles. The van der Waals surface area contributed by atoms with Gasteiger partial charge in [0.15, 0.2) is 0 Å². The first kappa shape index (κ1) is 14.4. The van der Waals surface area contributed by atoms with Gasteiger partial charge in [0.05, 0.1) is 13.7 Å². The van der Waals surface area contributed by atoms with E-state index in [2.05, 4.69) is 6.92 Å². The van der Waals surface area contributed by atoms with E-state index in [1.54, 1.807) is 14.2 Å². The number of hydrogen-bond acceptors (Lipinski definition) is 3. The fourth-order valence-corrected chi connectivity index (χ4v) is 1.95. The highest BCUT2D eigenvalue weighted by molar-refractivity contribution is 5.37. The van der Waals surface area contributed by atoms with Gasteiger partial charge in [-0.05, 0) is 30.7 Å². The van der Waals surface area contributed by atoms with E-state index >= 15 is 0 Å². The van der Waals surface area contributed by atoms with Crippen molar-refractivity contribution in [3.05, 3.63) is 59.2 Å². The first-order chi connectivity index (χ1) is 9.72. The Balaban J connectivity index is 2.04. The normalized spacial score (nSPS) is 10.3. The van der Waals surface area contributed by atoms with E-state index in [1.807, 2.05) is 42.5 Å². The summed E-state index contributed by atoms with van der Waals surface area (Å²) in [6.45, 7) is 3.12. The van der Waals surface area contributed by atoms with Gasteiger partial charge >= 0.3 is 0 Å². The summed E-state index contributed by atoms with van der Waals surface area (Å²) in [5.74, 6) is 1.70. The van der Waals surface area contributed by atoms with Crippen molar-refractivity contribution >= 4 is 0 Å². The molecule has 0 spiro atoms. The van der Waals surface area contributed by atoms with Crippen LogP contribution in [0.3, 0.4) is 0 Å². The maximum absolute atomic E-state index is 5.76. The van der Waals surface area contributed by atoms with Crippen LogP contribution < -0.4 is 9.47 Å². The van der Waals surface area contributed by atoms with Gasteiger partial charge in [-0.1, -0.05) is 29.8 Å². The molecule has 0 amide bonds. The first-order valence-corrected chi connectivity index (χ1v) is 6.57. The second kappa shape index (κ2) is 6.96. The third kappa shape index (κ3) is 3.75. The lowest BCUT2D eigenvalue weighted by atomic mass is 10.1. The van der Waals surface area contributed by atoms with Crippen LogP contribution >= 0.6 is 0 Å². The zero-order valence-corrected chi connectivity index (χ0v) is 12.2. The summed E-state index contributed by atoms with van der Waals surface area (Å²) in [6.07, 6.45) is 0. The minimum Gasteiger partial charge on any atom is -0.496 e. The highest BCUT2D eigenvalue weighted by Gasteiger charge is 2.05. The first-order valence-electron chi connectivity index (χ1n) is 6.57. The SMILES string of the molecule is COCc1ccc(COc2ccc(C)cc2)cc1OC. The predicted octanol–water partition coefficient (Wildman–Crippen LogP) is 3.73. The summed E-state index contributed by atoms with van der Waals surface area (Å²) in [5, 5.41) is 0. The predicted molar refractivity (Wildman–Crippen MR) is 79.2 cm³/mol. The summed E-state index contributed by atoms with van der Waals surface area (Å²) in [5.41, 5.74) is 3.33. The van der Waals surface area contributed by atoms with Crippen LogP contribution in [0, 0.1) is 6.92 Å². The van der Waals surface area contributed by atoms with Crippen molar-refractivity contribution in [3.63, 3.8) is 0 Å². The number of benzene rings is 2. The highest BCUT2D eigenvalue weighted by Crippen LogP contribution is 2.22. The van der Waals surface area contributed by atoms with Crippen molar-refractivity contribution in [1.29, 1.82) is 0 Å². The third-order valence-corrected chi connectivity index (χ3v) is 3.08. The molecule has 0 unspecified atom stereocenters. The highest BCUT2D eigenvalue weighted by atomic mass is 16.5. The van der Waals surface area contributed by atoms with Gasteiger partial charge in [-0.2, -0.15) is 0 Å². The van der Waals surface area contributed by atoms with Crippen LogP contribution in [0.5, 0.6) is 11.5 Å². The molecule has 0 N–H and O–H groups in total. The van der Waals surface area contributed by atoms with Crippen LogP contribution in [0.4, 0.5) is 0 Å². The van der Waals surface area contributed by atoms with Crippen molar-refractivity contribution in [2.24, 2.45) is 0 Å². The van der Waals surface area contributed by atoms with Crippen LogP contribution in [0.25, 0.3) is 0 Å². The second-order valence-electron chi connectivity index (χ2n) is 4.68. The number of rotatable bonds is 6. The smallest absolute Gasteiger partial charge is 0.124 e.